The molecule has 0 bridgehead atoms. The van der Waals surface area contributed by atoms with E-state index in [0.717, 1.165) is 19.6 Å². The molecule has 1 aromatic rings. The van der Waals surface area contributed by atoms with E-state index in [9.17, 15) is 4.79 Å². The van der Waals surface area contributed by atoms with Gasteiger partial charge in [-0.05, 0) is 24.0 Å². The van der Waals surface area contributed by atoms with Crippen LogP contribution in [0.15, 0.2) is 24.3 Å². The summed E-state index contributed by atoms with van der Waals surface area (Å²) in [7, 11) is 0. The Morgan fingerprint density at radius 1 is 1.44 bits per heavy atom. The molecule has 1 aliphatic heterocycles. The van der Waals surface area contributed by atoms with Crippen molar-refractivity contribution in [2.45, 2.75) is 19.9 Å². The number of carbonyl (C=O) groups is 1. The van der Waals surface area contributed by atoms with Crippen LogP contribution in [0.4, 0.5) is 0 Å². The molecule has 0 aromatic heterocycles. The zero-order chi connectivity index (χ0) is 11.5. The predicted molar refractivity (Wildman–Crippen MR) is 62.2 cm³/mol. The summed E-state index contributed by atoms with van der Waals surface area (Å²) in [6, 6.07) is 8.35. The second-order valence-electron chi connectivity index (χ2n) is 4.58. The number of benzene rings is 1. The van der Waals surface area contributed by atoms with Gasteiger partial charge in [0.2, 0.25) is 0 Å². The average molecular weight is 219 g/mol. The molecular weight excluding hydrogens is 202 g/mol. The first-order chi connectivity index (χ1) is 7.65. The number of aryl methyl sites for hydroxylation is 1. The minimum absolute atomic E-state index is 0.310. The van der Waals surface area contributed by atoms with Crippen LogP contribution in [0.3, 0.4) is 0 Å². The minimum atomic E-state index is -0.680. The molecule has 16 heavy (non-hydrogen) atoms. The highest BCUT2D eigenvalue weighted by Crippen LogP contribution is 2.22. The maximum absolute atomic E-state index is 10.5. The fraction of sp³-hybridized carbons (Fsp3) is 0.462. The summed E-state index contributed by atoms with van der Waals surface area (Å²) in [6.45, 7) is 4.90. The van der Waals surface area contributed by atoms with Gasteiger partial charge in [0.25, 0.3) is 0 Å². The van der Waals surface area contributed by atoms with Gasteiger partial charge in [-0.2, -0.15) is 0 Å². The highest BCUT2D eigenvalue weighted by atomic mass is 16.4. The lowest BCUT2D eigenvalue weighted by atomic mass is 9.95. The molecule has 2 rings (SSSR count). The van der Waals surface area contributed by atoms with E-state index in [1.165, 1.54) is 11.1 Å². The Bertz CT molecular complexity index is 383. The number of rotatable bonds is 4. The lowest BCUT2D eigenvalue weighted by Gasteiger charge is -2.38. The molecule has 0 amide bonds. The van der Waals surface area contributed by atoms with Crippen molar-refractivity contribution in [2.75, 3.05) is 13.1 Å². The SMILES string of the molecule is Cc1ccccc1CN1CC(CC(=O)O)C1. The third-order valence-corrected chi connectivity index (χ3v) is 3.15. The highest BCUT2D eigenvalue weighted by molar-refractivity contribution is 5.67. The smallest absolute Gasteiger partial charge is 0.303 e. The summed E-state index contributed by atoms with van der Waals surface area (Å²) in [5.74, 6) is -0.331. The predicted octanol–water partition coefficient (Wildman–Crippen LogP) is 1.90. The summed E-state index contributed by atoms with van der Waals surface area (Å²) in [4.78, 5) is 12.8. The van der Waals surface area contributed by atoms with E-state index in [1.807, 2.05) is 6.07 Å². The van der Waals surface area contributed by atoms with Gasteiger partial charge in [0, 0.05) is 19.6 Å². The molecule has 0 spiro atoms. The molecule has 1 aromatic carbocycles. The van der Waals surface area contributed by atoms with Crippen LogP contribution in [0.25, 0.3) is 0 Å². The average Bonchev–Trinajstić information content (AvgIpc) is 2.17. The van der Waals surface area contributed by atoms with Crippen molar-refractivity contribution in [3.05, 3.63) is 35.4 Å². The van der Waals surface area contributed by atoms with E-state index in [4.69, 9.17) is 5.11 Å². The minimum Gasteiger partial charge on any atom is -0.481 e. The van der Waals surface area contributed by atoms with Crippen molar-refractivity contribution >= 4 is 5.97 Å². The van der Waals surface area contributed by atoms with E-state index in [1.54, 1.807) is 0 Å². The number of hydrogen-bond donors (Lipinski definition) is 1. The zero-order valence-electron chi connectivity index (χ0n) is 9.52. The van der Waals surface area contributed by atoms with Crippen LogP contribution in [-0.2, 0) is 11.3 Å². The van der Waals surface area contributed by atoms with Gasteiger partial charge in [-0.1, -0.05) is 24.3 Å². The van der Waals surface area contributed by atoms with Crippen molar-refractivity contribution in [3.8, 4) is 0 Å². The molecular formula is C13H17NO2. The van der Waals surface area contributed by atoms with Gasteiger partial charge in [0.15, 0.2) is 0 Å². The molecule has 86 valence electrons. The fourth-order valence-electron chi connectivity index (χ4n) is 2.21. The fourth-order valence-corrected chi connectivity index (χ4v) is 2.21. The Labute approximate surface area is 95.7 Å². The molecule has 0 saturated carbocycles. The standard InChI is InChI=1S/C13H17NO2/c1-10-4-2-3-5-12(10)9-14-7-11(8-14)6-13(15)16/h2-5,11H,6-9H2,1H3,(H,15,16). The van der Waals surface area contributed by atoms with Gasteiger partial charge < -0.3 is 5.11 Å². The lowest BCUT2D eigenvalue weighted by Crippen LogP contribution is -2.46. The van der Waals surface area contributed by atoms with Gasteiger partial charge in [0.1, 0.15) is 0 Å². The molecule has 0 atom stereocenters. The van der Waals surface area contributed by atoms with E-state index in [2.05, 4.69) is 30.0 Å². The summed E-state index contributed by atoms with van der Waals surface area (Å²) in [5, 5.41) is 8.65. The van der Waals surface area contributed by atoms with Gasteiger partial charge >= 0.3 is 5.97 Å². The monoisotopic (exact) mass is 219 g/mol. The van der Waals surface area contributed by atoms with Crippen molar-refractivity contribution in [1.82, 2.24) is 4.90 Å². The number of nitrogens with zero attached hydrogens (tertiary/aromatic N) is 1. The maximum atomic E-state index is 10.5. The first-order valence-electron chi connectivity index (χ1n) is 5.64. The highest BCUT2D eigenvalue weighted by Gasteiger charge is 2.28. The normalized spacial score (nSPS) is 17.1. The van der Waals surface area contributed by atoms with Crippen LogP contribution in [0.1, 0.15) is 17.5 Å². The van der Waals surface area contributed by atoms with Gasteiger partial charge in [-0.15, -0.1) is 0 Å². The van der Waals surface area contributed by atoms with Crippen molar-refractivity contribution < 1.29 is 9.90 Å². The van der Waals surface area contributed by atoms with E-state index in [0.29, 0.717) is 12.3 Å². The van der Waals surface area contributed by atoms with Crippen LogP contribution in [0, 0.1) is 12.8 Å². The molecule has 1 heterocycles. The third kappa shape index (κ3) is 2.61. The largest absolute Gasteiger partial charge is 0.481 e. The van der Waals surface area contributed by atoms with Crippen LogP contribution in [0.5, 0.6) is 0 Å². The number of hydrogen-bond acceptors (Lipinski definition) is 2. The van der Waals surface area contributed by atoms with Gasteiger partial charge in [-0.3, -0.25) is 9.69 Å². The van der Waals surface area contributed by atoms with Crippen LogP contribution < -0.4 is 0 Å². The second-order valence-corrected chi connectivity index (χ2v) is 4.58. The first-order valence-corrected chi connectivity index (χ1v) is 5.64. The van der Waals surface area contributed by atoms with E-state index in [-0.39, 0.29) is 0 Å². The van der Waals surface area contributed by atoms with Crippen molar-refractivity contribution in [2.24, 2.45) is 5.92 Å². The number of likely N-dealkylation sites (tertiary alicyclic amines) is 1. The molecule has 0 aliphatic carbocycles. The van der Waals surface area contributed by atoms with Crippen LogP contribution in [0.2, 0.25) is 0 Å². The molecule has 0 radical (unpaired) electrons. The Kier molecular flexibility index (Phi) is 3.25. The summed E-state index contributed by atoms with van der Waals surface area (Å²) in [5.41, 5.74) is 2.65. The van der Waals surface area contributed by atoms with Gasteiger partial charge in [-0.25, -0.2) is 0 Å². The molecule has 1 fully saturated rings. The molecule has 0 unspecified atom stereocenters. The molecule has 3 nitrogen and oxygen atoms in total. The Hall–Kier alpha value is -1.35. The summed E-state index contributed by atoms with van der Waals surface area (Å²) >= 11 is 0. The lowest BCUT2D eigenvalue weighted by molar-refractivity contribution is -0.139. The first kappa shape index (κ1) is 11.1. The van der Waals surface area contributed by atoms with Crippen LogP contribution in [-0.4, -0.2) is 29.1 Å². The Morgan fingerprint density at radius 3 is 2.75 bits per heavy atom. The topological polar surface area (TPSA) is 40.5 Å². The molecule has 3 heteroatoms. The third-order valence-electron chi connectivity index (χ3n) is 3.15. The van der Waals surface area contributed by atoms with Gasteiger partial charge in [0.05, 0.1) is 6.42 Å². The van der Waals surface area contributed by atoms with Crippen molar-refractivity contribution in [1.29, 1.82) is 0 Å². The van der Waals surface area contributed by atoms with Crippen LogP contribution >= 0.6 is 0 Å². The number of carboxylic acids is 1. The van der Waals surface area contributed by atoms with Crippen molar-refractivity contribution in [3.63, 3.8) is 0 Å². The molecule has 1 aliphatic rings. The van der Waals surface area contributed by atoms with E-state index >= 15 is 0 Å². The Morgan fingerprint density at radius 2 is 2.12 bits per heavy atom. The summed E-state index contributed by atoms with van der Waals surface area (Å²) in [6.07, 6.45) is 0.310. The summed E-state index contributed by atoms with van der Waals surface area (Å²) < 4.78 is 0. The Balaban J connectivity index is 1.82. The molecule has 1 N–H and O–H groups in total. The zero-order valence-corrected chi connectivity index (χ0v) is 9.52. The number of carboxylic acid groups (broad SMARTS) is 1. The number of aliphatic carboxylic acids is 1. The molecule has 1 saturated heterocycles. The van der Waals surface area contributed by atoms with E-state index < -0.39 is 5.97 Å². The quantitative estimate of drug-likeness (QED) is 0.840. The maximum Gasteiger partial charge on any atom is 0.303 e. The second kappa shape index (κ2) is 4.66.